The summed E-state index contributed by atoms with van der Waals surface area (Å²) in [6.07, 6.45) is 2.55. The summed E-state index contributed by atoms with van der Waals surface area (Å²) in [5.74, 6) is 0.131. The third-order valence-corrected chi connectivity index (χ3v) is 5.81. The van der Waals surface area contributed by atoms with Crippen molar-refractivity contribution in [3.63, 3.8) is 0 Å². The molecule has 2 rings (SSSR count). The summed E-state index contributed by atoms with van der Waals surface area (Å²) in [7, 11) is -0.908. The van der Waals surface area contributed by atoms with E-state index < -0.39 is 9.73 Å². The Morgan fingerprint density at radius 3 is 2.68 bits per heavy atom. The molecule has 1 saturated carbocycles. The molecule has 0 amide bonds. The quantitative estimate of drug-likeness (QED) is 0.923. The summed E-state index contributed by atoms with van der Waals surface area (Å²) in [5.41, 5.74) is 1.09. The summed E-state index contributed by atoms with van der Waals surface area (Å²) >= 11 is 0. The number of rotatable bonds is 3. The van der Waals surface area contributed by atoms with Crippen LogP contribution in [0.15, 0.2) is 50.6 Å². The van der Waals surface area contributed by atoms with Crippen LogP contribution >= 0.6 is 0 Å². The molecular formula is C15H21NO2S. The van der Waals surface area contributed by atoms with Gasteiger partial charge < -0.3 is 5.11 Å². The first-order valence-electron chi connectivity index (χ1n) is 6.65. The molecular weight excluding hydrogens is 258 g/mol. The van der Waals surface area contributed by atoms with Crippen LogP contribution in [0.25, 0.3) is 0 Å². The van der Waals surface area contributed by atoms with Gasteiger partial charge in [-0.15, -0.1) is 0 Å². The fourth-order valence-electron chi connectivity index (χ4n) is 2.64. The average molecular weight is 279 g/mol. The van der Waals surface area contributed by atoms with E-state index in [9.17, 15) is 9.32 Å². The van der Waals surface area contributed by atoms with Gasteiger partial charge in [-0.25, -0.2) is 8.57 Å². The lowest BCUT2D eigenvalue weighted by Crippen LogP contribution is -2.15. The standard InChI is InChI=1S/C15H21NO2S/c1-12(17)15-10-6-7-13(15)11-19(18,16-2)14-8-4-3-5-9-14/h3-5,8-9,11-12,15,17H,6-7,10H2,1-2H3/b13-11+/t12-,15-,19?/m1/s1. The van der Waals surface area contributed by atoms with Crippen LogP contribution in [0.4, 0.5) is 0 Å². The van der Waals surface area contributed by atoms with Crippen molar-refractivity contribution in [2.24, 2.45) is 10.3 Å². The Kier molecular flexibility index (Phi) is 4.42. The molecule has 1 aromatic carbocycles. The van der Waals surface area contributed by atoms with Crippen LogP contribution in [-0.2, 0) is 9.73 Å². The first-order chi connectivity index (χ1) is 9.07. The molecule has 0 aromatic heterocycles. The van der Waals surface area contributed by atoms with Crippen molar-refractivity contribution in [3.05, 3.63) is 41.3 Å². The molecule has 0 saturated heterocycles. The molecule has 3 atom stereocenters. The maximum absolute atomic E-state index is 13.0. The van der Waals surface area contributed by atoms with Gasteiger partial charge in [-0.2, -0.15) is 0 Å². The predicted octanol–water partition coefficient (Wildman–Crippen LogP) is 3.21. The fourth-order valence-corrected chi connectivity index (χ4v) is 4.34. The smallest absolute Gasteiger partial charge is 0.0966 e. The van der Waals surface area contributed by atoms with E-state index in [2.05, 4.69) is 4.36 Å². The Bertz CT molecular complexity index is 569. The minimum atomic E-state index is -2.50. The minimum absolute atomic E-state index is 0.131. The SMILES string of the molecule is CN=S(=O)(/C=C1\CCC[C@@H]1[C@@H](C)O)c1ccccc1. The molecule has 104 valence electrons. The topological polar surface area (TPSA) is 49.7 Å². The van der Waals surface area contributed by atoms with Crippen molar-refractivity contribution >= 4 is 9.73 Å². The van der Waals surface area contributed by atoms with E-state index in [1.807, 2.05) is 30.3 Å². The van der Waals surface area contributed by atoms with E-state index in [0.29, 0.717) is 0 Å². The number of aliphatic hydroxyl groups is 1. The molecule has 1 aliphatic rings. The van der Waals surface area contributed by atoms with Gasteiger partial charge in [0, 0.05) is 18.4 Å². The van der Waals surface area contributed by atoms with Crippen molar-refractivity contribution in [3.8, 4) is 0 Å². The van der Waals surface area contributed by atoms with Gasteiger partial charge in [-0.3, -0.25) is 0 Å². The third-order valence-electron chi connectivity index (χ3n) is 3.70. The maximum atomic E-state index is 13.0. The van der Waals surface area contributed by atoms with E-state index in [1.54, 1.807) is 19.4 Å². The highest BCUT2D eigenvalue weighted by atomic mass is 32.2. The molecule has 1 unspecified atom stereocenters. The van der Waals surface area contributed by atoms with Crippen molar-refractivity contribution < 1.29 is 9.32 Å². The third kappa shape index (κ3) is 3.07. The summed E-state index contributed by atoms with van der Waals surface area (Å²) in [5, 5.41) is 11.6. The van der Waals surface area contributed by atoms with Crippen LogP contribution in [0, 0.1) is 5.92 Å². The second-order valence-corrected chi connectivity index (χ2v) is 7.21. The molecule has 0 radical (unpaired) electrons. The second kappa shape index (κ2) is 5.88. The van der Waals surface area contributed by atoms with E-state index in [4.69, 9.17) is 0 Å². The predicted molar refractivity (Wildman–Crippen MR) is 78.3 cm³/mol. The van der Waals surface area contributed by atoms with Gasteiger partial charge in [0.05, 0.1) is 20.7 Å². The zero-order valence-electron chi connectivity index (χ0n) is 11.5. The molecule has 19 heavy (non-hydrogen) atoms. The van der Waals surface area contributed by atoms with Gasteiger partial charge in [0.15, 0.2) is 0 Å². The highest BCUT2D eigenvalue weighted by Gasteiger charge is 2.26. The van der Waals surface area contributed by atoms with Gasteiger partial charge in [0.2, 0.25) is 0 Å². The van der Waals surface area contributed by atoms with Crippen LogP contribution in [0.2, 0.25) is 0 Å². The van der Waals surface area contributed by atoms with Crippen LogP contribution < -0.4 is 0 Å². The lowest BCUT2D eigenvalue weighted by Gasteiger charge is -2.16. The first kappa shape index (κ1) is 14.3. The lowest BCUT2D eigenvalue weighted by molar-refractivity contribution is 0.146. The van der Waals surface area contributed by atoms with E-state index in [1.165, 1.54) is 0 Å². The second-order valence-electron chi connectivity index (χ2n) is 5.00. The Morgan fingerprint density at radius 1 is 1.42 bits per heavy atom. The zero-order chi connectivity index (χ0) is 13.9. The Labute approximate surface area is 115 Å². The van der Waals surface area contributed by atoms with Gasteiger partial charge in [-0.1, -0.05) is 23.8 Å². The van der Waals surface area contributed by atoms with Gasteiger partial charge >= 0.3 is 0 Å². The highest BCUT2D eigenvalue weighted by molar-refractivity contribution is 7.96. The maximum Gasteiger partial charge on any atom is 0.0966 e. The Hall–Kier alpha value is -1.13. The van der Waals surface area contributed by atoms with Crippen LogP contribution in [0.3, 0.4) is 0 Å². The average Bonchev–Trinajstić information content (AvgIpc) is 2.87. The fraction of sp³-hybridized carbons (Fsp3) is 0.467. The molecule has 0 bridgehead atoms. The van der Waals surface area contributed by atoms with Crippen LogP contribution in [0.1, 0.15) is 26.2 Å². The minimum Gasteiger partial charge on any atom is -0.393 e. The molecule has 3 nitrogen and oxygen atoms in total. The van der Waals surface area contributed by atoms with Gasteiger partial charge in [-0.05, 0) is 38.3 Å². The molecule has 0 heterocycles. The number of hydrogen-bond acceptors (Lipinski definition) is 3. The normalized spacial score (nSPS) is 26.1. The molecule has 1 N–H and O–H groups in total. The van der Waals surface area contributed by atoms with Crippen molar-refractivity contribution in [1.82, 2.24) is 0 Å². The summed E-state index contributed by atoms with van der Waals surface area (Å²) in [6.45, 7) is 1.80. The Morgan fingerprint density at radius 2 is 2.11 bits per heavy atom. The largest absolute Gasteiger partial charge is 0.393 e. The Balaban J connectivity index is 2.42. The molecule has 1 fully saturated rings. The van der Waals surface area contributed by atoms with Crippen molar-refractivity contribution in [2.45, 2.75) is 37.2 Å². The molecule has 0 aliphatic heterocycles. The highest BCUT2D eigenvalue weighted by Crippen LogP contribution is 2.35. The number of benzene rings is 1. The summed E-state index contributed by atoms with van der Waals surface area (Å²) in [6, 6.07) is 9.34. The van der Waals surface area contributed by atoms with Gasteiger partial charge in [0.25, 0.3) is 0 Å². The molecule has 0 spiro atoms. The molecule has 1 aliphatic carbocycles. The number of aliphatic hydroxyl groups excluding tert-OH is 1. The van der Waals surface area contributed by atoms with Crippen LogP contribution in [-0.4, -0.2) is 22.5 Å². The summed E-state index contributed by atoms with van der Waals surface area (Å²) in [4.78, 5) is 0.737. The van der Waals surface area contributed by atoms with Crippen molar-refractivity contribution in [2.75, 3.05) is 7.05 Å². The first-order valence-corrected chi connectivity index (χ1v) is 8.23. The number of hydrogen-bond donors (Lipinski definition) is 1. The molecule has 1 aromatic rings. The monoisotopic (exact) mass is 279 g/mol. The van der Waals surface area contributed by atoms with E-state index in [0.717, 1.165) is 29.7 Å². The summed E-state index contributed by atoms with van der Waals surface area (Å²) < 4.78 is 17.1. The zero-order valence-corrected chi connectivity index (χ0v) is 12.3. The number of nitrogens with zero attached hydrogens (tertiary/aromatic N) is 1. The van der Waals surface area contributed by atoms with E-state index in [-0.39, 0.29) is 12.0 Å². The van der Waals surface area contributed by atoms with Crippen LogP contribution in [0.5, 0.6) is 0 Å². The molecule has 4 heteroatoms. The van der Waals surface area contributed by atoms with Gasteiger partial charge in [0.1, 0.15) is 0 Å². The lowest BCUT2D eigenvalue weighted by atomic mass is 9.99. The van der Waals surface area contributed by atoms with Crippen molar-refractivity contribution in [1.29, 1.82) is 0 Å². The van der Waals surface area contributed by atoms with E-state index >= 15 is 0 Å².